The molecular formula is C55H106O5. The fraction of sp³-hybridized carbons (Fsp3) is 0.927. The number of allylic oxidation sites excluding steroid dienone is 2. The first-order valence-electron chi connectivity index (χ1n) is 27.2. The van der Waals surface area contributed by atoms with Crippen molar-refractivity contribution in [2.75, 3.05) is 19.8 Å². The summed E-state index contributed by atoms with van der Waals surface area (Å²) in [5.41, 5.74) is 0. The highest BCUT2D eigenvalue weighted by Crippen LogP contribution is 2.17. The van der Waals surface area contributed by atoms with E-state index in [1.165, 1.54) is 225 Å². The smallest absolute Gasteiger partial charge is 0.306 e. The Labute approximate surface area is 375 Å². The minimum absolute atomic E-state index is 0.0913. The van der Waals surface area contributed by atoms with Gasteiger partial charge in [-0.25, -0.2) is 0 Å². The van der Waals surface area contributed by atoms with Gasteiger partial charge in [-0.3, -0.25) is 9.59 Å². The predicted molar refractivity (Wildman–Crippen MR) is 261 cm³/mol. The third-order valence-electron chi connectivity index (χ3n) is 12.3. The van der Waals surface area contributed by atoms with E-state index < -0.39 is 6.10 Å². The van der Waals surface area contributed by atoms with Crippen LogP contribution in [0.25, 0.3) is 0 Å². The van der Waals surface area contributed by atoms with E-state index in [4.69, 9.17) is 14.2 Å². The zero-order chi connectivity index (χ0) is 43.5. The maximum absolute atomic E-state index is 12.8. The van der Waals surface area contributed by atoms with Crippen molar-refractivity contribution in [2.24, 2.45) is 0 Å². The Morgan fingerprint density at radius 2 is 0.667 bits per heavy atom. The number of hydrogen-bond donors (Lipinski definition) is 0. The molecule has 60 heavy (non-hydrogen) atoms. The predicted octanol–water partition coefficient (Wildman–Crippen LogP) is 18.2. The highest BCUT2D eigenvalue weighted by molar-refractivity contribution is 5.70. The van der Waals surface area contributed by atoms with Crippen molar-refractivity contribution in [3.05, 3.63) is 12.2 Å². The molecule has 0 N–H and O–H groups in total. The molecule has 0 aromatic rings. The van der Waals surface area contributed by atoms with E-state index in [0.29, 0.717) is 26.1 Å². The molecule has 0 fully saturated rings. The number of rotatable bonds is 51. The van der Waals surface area contributed by atoms with Crippen molar-refractivity contribution in [3.63, 3.8) is 0 Å². The molecule has 0 saturated heterocycles. The fourth-order valence-electron chi connectivity index (χ4n) is 8.20. The Morgan fingerprint density at radius 3 is 1.07 bits per heavy atom. The third-order valence-corrected chi connectivity index (χ3v) is 12.3. The first-order valence-corrected chi connectivity index (χ1v) is 27.2. The van der Waals surface area contributed by atoms with Gasteiger partial charge >= 0.3 is 11.9 Å². The van der Waals surface area contributed by atoms with E-state index in [1.54, 1.807) is 0 Å². The first kappa shape index (κ1) is 58.6. The van der Waals surface area contributed by atoms with Gasteiger partial charge in [0.05, 0.1) is 6.61 Å². The summed E-state index contributed by atoms with van der Waals surface area (Å²) in [6.07, 6.45) is 59.4. The van der Waals surface area contributed by atoms with Crippen molar-refractivity contribution in [1.82, 2.24) is 0 Å². The molecule has 0 rings (SSSR count). The number of carbonyl (C=O) groups is 2. The van der Waals surface area contributed by atoms with Crippen LogP contribution in [0.3, 0.4) is 0 Å². The first-order chi connectivity index (χ1) is 29.6. The number of unbranched alkanes of at least 4 members (excludes halogenated alkanes) is 38. The molecule has 1 atom stereocenters. The van der Waals surface area contributed by atoms with Gasteiger partial charge in [0.15, 0.2) is 6.10 Å². The maximum Gasteiger partial charge on any atom is 0.306 e. The average molecular weight is 847 g/mol. The standard InChI is InChI=1S/C55H106O5/c1-4-7-10-13-16-19-22-24-25-26-27-28-29-30-32-35-38-41-44-47-50-58-51-53(60-55(57)49-46-43-40-37-33-21-18-15-12-9-6-3)52-59-54(56)48-45-42-39-36-34-31-23-20-17-14-11-8-5-2/h15,18,53H,4-14,16-17,19-52H2,1-3H3/b18-15-. The van der Waals surface area contributed by atoms with Gasteiger partial charge in [-0.15, -0.1) is 0 Å². The van der Waals surface area contributed by atoms with Crippen molar-refractivity contribution in [1.29, 1.82) is 0 Å². The quantitative estimate of drug-likeness (QED) is 0.0347. The van der Waals surface area contributed by atoms with Crippen molar-refractivity contribution in [3.8, 4) is 0 Å². The van der Waals surface area contributed by atoms with Crippen LogP contribution in [0, 0.1) is 0 Å². The summed E-state index contributed by atoms with van der Waals surface area (Å²) in [4.78, 5) is 25.3. The molecule has 0 bridgehead atoms. The van der Waals surface area contributed by atoms with Crippen LogP contribution in [0.2, 0.25) is 0 Å². The van der Waals surface area contributed by atoms with Gasteiger partial charge in [0.1, 0.15) is 6.61 Å². The summed E-state index contributed by atoms with van der Waals surface area (Å²) in [5, 5.41) is 0. The largest absolute Gasteiger partial charge is 0.462 e. The lowest BCUT2D eigenvalue weighted by Crippen LogP contribution is -2.30. The van der Waals surface area contributed by atoms with Crippen LogP contribution in [0.5, 0.6) is 0 Å². The Balaban J connectivity index is 4.13. The summed E-state index contributed by atoms with van der Waals surface area (Å²) in [7, 11) is 0. The van der Waals surface area contributed by atoms with Gasteiger partial charge in [-0.1, -0.05) is 264 Å². The molecular weight excluding hydrogens is 741 g/mol. The fourth-order valence-corrected chi connectivity index (χ4v) is 8.20. The van der Waals surface area contributed by atoms with E-state index >= 15 is 0 Å². The second kappa shape index (κ2) is 52.0. The maximum atomic E-state index is 12.8. The van der Waals surface area contributed by atoms with E-state index in [9.17, 15) is 9.59 Å². The minimum Gasteiger partial charge on any atom is -0.462 e. The number of carbonyl (C=O) groups excluding carboxylic acids is 2. The molecule has 0 aliphatic carbocycles. The second-order valence-electron chi connectivity index (χ2n) is 18.5. The molecule has 5 heteroatoms. The molecule has 0 saturated carbocycles. The molecule has 0 amide bonds. The zero-order valence-corrected chi connectivity index (χ0v) is 41.0. The molecule has 0 aromatic heterocycles. The molecule has 0 aliphatic heterocycles. The molecule has 356 valence electrons. The van der Waals surface area contributed by atoms with Crippen LogP contribution < -0.4 is 0 Å². The average Bonchev–Trinajstić information content (AvgIpc) is 3.25. The van der Waals surface area contributed by atoms with Crippen LogP contribution in [0.1, 0.15) is 303 Å². The third kappa shape index (κ3) is 49.3. The molecule has 0 spiro atoms. The number of esters is 2. The molecule has 0 aromatic carbocycles. The van der Waals surface area contributed by atoms with Crippen LogP contribution in [0.4, 0.5) is 0 Å². The molecule has 0 heterocycles. The van der Waals surface area contributed by atoms with Gasteiger partial charge < -0.3 is 14.2 Å². The summed E-state index contributed by atoms with van der Waals surface area (Å²) >= 11 is 0. The summed E-state index contributed by atoms with van der Waals surface area (Å²) in [6.45, 7) is 7.85. The normalized spacial score (nSPS) is 12.1. The van der Waals surface area contributed by atoms with E-state index in [-0.39, 0.29) is 18.5 Å². The zero-order valence-electron chi connectivity index (χ0n) is 41.0. The van der Waals surface area contributed by atoms with Crippen LogP contribution in [-0.4, -0.2) is 37.9 Å². The summed E-state index contributed by atoms with van der Waals surface area (Å²) in [6, 6.07) is 0. The Bertz CT molecular complexity index is 871. The van der Waals surface area contributed by atoms with Gasteiger partial charge in [0.25, 0.3) is 0 Å². The molecule has 5 nitrogen and oxygen atoms in total. The molecule has 0 aliphatic rings. The van der Waals surface area contributed by atoms with E-state index in [1.807, 2.05) is 0 Å². The van der Waals surface area contributed by atoms with E-state index in [0.717, 1.165) is 44.9 Å². The van der Waals surface area contributed by atoms with Gasteiger partial charge in [-0.05, 0) is 38.5 Å². The summed E-state index contributed by atoms with van der Waals surface area (Å²) in [5.74, 6) is -0.387. The Morgan fingerprint density at radius 1 is 0.350 bits per heavy atom. The lowest BCUT2D eigenvalue weighted by Gasteiger charge is -2.18. The van der Waals surface area contributed by atoms with Gasteiger partial charge in [-0.2, -0.15) is 0 Å². The monoisotopic (exact) mass is 847 g/mol. The van der Waals surface area contributed by atoms with Gasteiger partial charge in [0.2, 0.25) is 0 Å². The second-order valence-corrected chi connectivity index (χ2v) is 18.5. The Kier molecular flexibility index (Phi) is 50.8. The molecule has 0 radical (unpaired) electrons. The van der Waals surface area contributed by atoms with Gasteiger partial charge in [0, 0.05) is 19.4 Å². The topological polar surface area (TPSA) is 61.8 Å². The lowest BCUT2D eigenvalue weighted by molar-refractivity contribution is -0.163. The number of ether oxygens (including phenoxy) is 3. The highest BCUT2D eigenvalue weighted by atomic mass is 16.6. The number of hydrogen-bond acceptors (Lipinski definition) is 5. The minimum atomic E-state index is -0.530. The summed E-state index contributed by atoms with van der Waals surface area (Å²) < 4.78 is 17.4. The molecule has 1 unspecified atom stereocenters. The van der Waals surface area contributed by atoms with Crippen molar-refractivity contribution in [2.45, 2.75) is 309 Å². The Hall–Kier alpha value is -1.36. The van der Waals surface area contributed by atoms with E-state index in [2.05, 4.69) is 32.9 Å². The SMILES string of the molecule is CCCC/C=C\CCCCCCCC(=O)OC(COCCCCCCCCCCCCCCCCCCCCCC)COC(=O)CCCCCCCCCCCCCCC. The van der Waals surface area contributed by atoms with Crippen molar-refractivity contribution >= 4 is 11.9 Å². The van der Waals surface area contributed by atoms with Crippen molar-refractivity contribution < 1.29 is 23.8 Å². The highest BCUT2D eigenvalue weighted by Gasteiger charge is 2.17. The van der Waals surface area contributed by atoms with Crippen LogP contribution in [-0.2, 0) is 23.8 Å². The van der Waals surface area contributed by atoms with Crippen LogP contribution >= 0.6 is 0 Å². The lowest BCUT2D eigenvalue weighted by atomic mass is 10.0. The van der Waals surface area contributed by atoms with Crippen LogP contribution in [0.15, 0.2) is 12.2 Å².